The number of hydrogen-bond acceptors (Lipinski definition) is 3. The number of hydrogen-bond donors (Lipinski definition) is 0. The highest BCUT2D eigenvalue weighted by Gasteiger charge is 2.59. The molecule has 4 atom stereocenters. The van der Waals surface area contributed by atoms with Crippen LogP contribution in [0.4, 0.5) is 5.69 Å². The summed E-state index contributed by atoms with van der Waals surface area (Å²) >= 11 is 7.54. The summed E-state index contributed by atoms with van der Waals surface area (Å²) in [4.78, 5) is 29.2. The Bertz CT molecular complexity index is 892. The van der Waals surface area contributed by atoms with E-state index in [4.69, 9.17) is 11.6 Å². The number of carbonyl (C=O) groups is 2. The first kappa shape index (κ1) is 16.2. The Morgan fingerprint density at radius 2 is 1.31 bits per heavy atom. The zero-order chi connectivity index (χ0) is 17.8. The SMILES string of the molecule is O=C1[C@@H]2[C@H](C(=O)N1c1ccc(Sc3ccc(Cl)cc3)cc1)[C@@H]1C=C[C@@H]2C1. The van der Waals surface area contributed by atoms with Crippen LogP contribution in [0.5, 0.6) is 0 Å². The van der Waals surface area contributed by atoms with Gasteiger partial charge in [-0.1, -0.05) is 35.5 Å². The van der Waals surface area contributed by atoms with Crippen LogP contribution >= 0.6 is 23.4 Å². The molecule has 2 fully saturated rings. The second kappa shape index (κ2) is 6.00. The third-order valence-electron chi connectivity index (χ3n) is 5.61. The van der Waals surface area contributed by atoms with Gasteiger partial charge in [-0.2, -0.15) is 0 Å². The first-order valence-electron chi connectivity index (χ1n) is 8.71. The smallest absolute Gasteiger partial charge is 0.238 e. The van der Waals surface area contributed by atoms with Crippen LogP contribution in [-0.4, -0.2) is 11.8 Å². The van der Waals surface area contributed by atoms with Crippen LogP contribution in [0.25, 0.3) is 0 Å². The molecule has 0 spiro atoms. The maximum absolute atomic E-state index is 12.8. The molecule has 26 heavy (non-hydrogen) atoms. The molecule has 1 saturated heterocycles. The summed E-state index contributed by atoms with van der Waals surface area (Å²) in [6.07, 6.45) is 5.19. The minimum Gasteiger partial charge on any atom is -0.274 e. The molecular weight excluding hydrogens is 366 g/mol. The van der Waals surface area contributed by atoms with Crippen molar-refractivity contribution in [1.29, 1.82) is 0 Å². The Hall–Kier alpha value is -2.04. The van der Waals surface area contributed by atoms with Crippen molar-refractivity contribution in [3.8, 4) is 0 Å². The lowest BCUT2D eigenvalue weighted by Crippen LogP contribution is -2.32. The van der Waals surface area contributed by atoms with Gasteiger partial charge < -0.3 is 0 Å². The highest BCUT2D eigenvalue weighted by molar-refractivity contribution is 7.99. The second-order valence-electron chi connectivity index (χ2n) is 7.06. The van der Waals surface area contributed by atoms with E-state index in [1.807, 2.05) is 48.5 Å². The normalized spacial score (nSPS) is 28.9. The highest BCUT2D eigenvalue weighted by Crippen LogP contribution is 2.53. The first-order valence-corrected chi connectivity index (χ1v) is 9.91. The standard InChI is InChI=1S/C21H16ClNO2S/c22-14-3-7-16(8-4-14)26-17-9-5-15(6-10-17)23-20(24)18-12-1-2-13(11-12)19(18)21(23)25/h1-10,12-13,18-19H,11H2/t12-,13-,18-,19+/m1/s1. The third-order valence-corrected chi connectivity index (χ3v) is 6.88. The molecule has 1 heterocycles. The van der Waals surface area contributed by atoms with Crippen LogP contribution in [0.3, 0.4) is 0 Å². The minimum absolute atomic E-state index is 0.0324. The average molecular weight is 382 g/mol. The number of anilines is 1. The molecule has 0 aromatic heterocycles. The summed E-state index contributed by atoms with van der Waals surface area (Å²) in [6.45, 7) is 0. The molecule has 2 aromatic rings. The fourth-order valence-corrected chi connectivity index (χ4v) is 5.40. The quantitative estimate of drug-likeness (QED) is 0.566. The van der Waals surface area contributed by atoms with Crippen molar-refractivity contribution in [2.45, 2.75) is 16.2 Å². The average Bonchev–Trinajstić information content (AvgIpc) is 3.32. The van der Waals surface area contributed by atoms with Crippen LogP contribution in [0, 0.1) is 23.7 Å². The Kier molecular flexibility index (Phi) is 3.73. The molecular formula is C21H16ClNO2S. The van der Waals surface area contributed by atoms with Crippen molar-refractivity contribution in [3.05, 3.63) is 65.7 Å². The van der Waals surface area contributed by atoms with Crippen LogP contribution in [0.1, 0.15) is 6.42 Å². The van der Waals surface area contributed by atoms with E-state index in [1.54, 1.807) is 11.8 Å². The molecule has 2 bridgehead atoms. The molecule has 2 aromatic carbocycles. The zero-order valence-corrected chi connectivity index (χ0v) is 15.4. The van der Waals surface area contributed by atoms with Gasteiger partial charge in [-0.25, -0.2) is 0 Å². The van der Waals surface area contributed by atoms with Gasteiger partial charge in [0.25, 0.3) is 0 Å². The van der Waals surface area contributed by atoms with Crippen LogP contribution in [-0.2, 0) is 9.59 Å². The number of halogens is 1. The summed E-state index contributed by atoms with van der Waals surface area (Å²) in [5, 5.41) is 0.713. The van der Waals surface area contributed by atoms with Gasteiger partial charge in [-0.3, -0.25) is 14.5 Å². The summed E-state index contributed by atoms with van der Waals surface area (Å²) in [5.41, 5.74) is 0.675. The molecule has 3 aliphatic rings. The van der Waals surface area contributed by atoms with Gasteiger partial charge in [-0.05, 0) is 66.8 Å². The molecule has 0 unspecified atom stereocenters. The van der Waals surface area contributed by atoms with E-state index in [2.05, 4.69) is 12.2 Å². The summed E-state index contributed by atoms with van der Waals surface area (Å²) in [7, 11) is 0. The molecule has 0 radical (unpaired) electrons. The maximum atomic E-state index is 12.8. The minimum atomic E-state index is -0.152. The molecule has 1 aliphatic heterocycles. The molecule has 2 aliphatic carbocycles. The molecule has 130 valence electrons. The number of allylic oxidation sites excluding steroid dienone is 2. The fourth-order valence-electron chi connectivity index (χ4n) is 4.46. The largest absolute Gasteiger partial charge is 0.274 e. The molecule has 5 heteroatoms. The van der Waals surface area contributed by atoms with Crippen LogP contribution in [0.2, 0.25) is 5.02 Å². The van der Waals surface area contributed by atoms with Crippen molar-refractivity contribution < 1.29 is 9.59 Å². The number of rotatable bonds is 3. The lowest BCUT2D eigenvalue weighted by Gasteiger charge is -2.17. The maximum Gasteiger partial charge on any atom is 0.238 e. The Balaban J connectivity index is 1.37. The molecule has 3 nitrogen and oxygen atoms in total. The van der Waals surface area contributed by atoms with Gasteiger partial charge >= 0.3 is 0 Å². The van der Waals surface area contributed by atoms with E-state index < -0.39 is 0 Å². The predicted octanol–water partition coefficient (Wildman–Crippen LogP) is 4.80. The molecule has 2 amide bonds. The van der Waals surface area contributed by atoms with Crippen molar-refractivity contribution in [2.75, 3.05) is 4.90 Å². The number of amides is 2. The van der Waals surface area contributed by atoms with E-state index >= 15 is 0 Å². The van der Waals surface area contributed by atoms with Crippen LogP contribution < -0.4 is 4.90 Å². The lowest BCUT2D eigenvalue weighted by molar-refractivity contribution is -0.123. The third kappa shape index (κ3) is 2.43. The van der Waals surface area contributed by atoms with Gasteiger partial charge in [0, 0.05) is 14.8 Å². The van der Waals surface area contributed by atoms with Gasteiger partial charge in [0.05, 0.1) is 17.5 Å². The number of carbonyl (C=O) groups excluding carboxylic acids is 2. The van der Waals surface area contributed by atoms with E-state index in [0.29, 0.717) is 10.7 Å². The van der Waals surface area contributed by atoms with Crippen molar-refractivity contribution in [3.63, 3.8) is 0 Å². The van der Waals surface area contributed by atoms with E-state index in [9.17, 15) is 9.59 Å². The summed E-state index contributed by atoms with van der Waals surface area (Å²) in [6, 6.07) is 15.3. The Labute approximate surface area is 161 Å². The number of nitrogens with zero attached hydrogens (tertiary/aromatic N) is 1. The lowest BCUT2D eigenvalue weighted by atomic mass is 9.85. The van der Waals surface area contributed by atoms with E-state index in [0.717, 1.165) is 16.2 Å². The van der Waals surface area contributed by atoms with Crippen molar-refractivity contribution in [1.82, 2.24) is 0 Å². The number of imide groups is 1. The van der Waals surface area contributed by atoms with E-state index in [-0.39, 0.29) is 35.5 Å². The van der Waals surface area contributed by atoms with Gasteiger partial charge in [0.15, 0.2) is 0 Å². The monoisotopic (exact) mass is 381 g/mol. The number of benzene rings is 2. The van der Waals surface area contributed by atoms with Gasteiger partial charge in [0.2, 0.25) is 11.8 Å². The highest BCUT2D eigenvalue weighted by atomic mass is 35.5. The Morgan fingerprint density at radius 3 is 1.85 bits per heavy atom. The zero-order valence-electron chi connectivity index (χ0n) is 13.8. The second-order valence-corrected chi connectivity index (χ2v) is 8.65. The first-order chi connectivity index (χ1) is 12.6. The van der Waals surface area contributed by atoms with Crippen molar-refractivity contribution in [2.24, 2.45) is 23.7 Å². The van der Waals surface area contributed by atoms with E-state index in [1.165, 1.54) is 4.90 Å². The topological polar surface area (TPSA) is 37.4 Å². The molecule has 0 N–H and O–H groups in total. The summed E-state index contributed by atoms with van der Waals surface area (Å²) < 4.78 is 0. The Morgan fingerprint density at radius 1 is 0.808 bits per heavy atom. The fraction of sp³-hybridized carbons (Fsp3) is 0.238. The number of fused-ring (bicyclic) bond motifs is 5. The molecule has 1 saturated carbocycles. The van der Waals surface area contributed by atoms with Gasteiger partial charge in [0.1, 0.15) is 0 Å². The predicted molar refractivity (Wildman–Crippen MR) is 102 cm³/mol. The van der Waals surface area contributed by atoms with Gasteiger partial charge in [-0.15, -0.1) is 0 Å². The molecule has 5 rings (SSSR count). The van der Waals surface area contributed by atoms with Crippen LogP contribution in [0.15, 0.2) is 70.5 Å². The summed E-state index contributed by atoms with van der Waals surface area (Å²) in [5.74, 6) is 0.114. The van der Waals surface area contributed by atoms with Crippen molar-refractivity contribution >= 4 is 40.9 Å².